The number of tetrazole rings is 1. The van der Waals surface area contributed by atoms with E-state index in [9.17, 15) is 9.59 Å². The van der Waals surface area contributed by atoms with Crippen LogP contribution >= 0.6 is 0 Å². The van der Waals surface area contributed by atoms with Crippen LogP contribution in [0.15, 0.2) is 91.3 Å². The molecule has 1 aromatic heterocycles. The van der Waals surface area contributed by atoms with Gasteiger partial charge in [0.05, 0.1) is 5.69 Å². The highest BCUT2D eigenvalue weighted by Crippen LogP contribution is 2.20. The van der Waals surface area contributed by atoms with Crippen molar-refractivity contribution in [3.63, 3.8) is 0 Å². The second-order valence-corrected chi connectivity index (χ2v) is 6.57. The summed E-state index contributed by atoms with van der Waals surface area (Å²) in [7, 11) is 0. The second kappa shape index (κ2) is 9.27. The van der Waals surface area contributed by atoms with Gasteiger partial charge in [-0.2, -0.15) is 0 Å². The fourth-order valence-electron chi connectivity index (χ4n) is 2.90. The first-order valence-corrected chi connectivity index (χ1v) is 9.46. The molecule has 0 saturated carbocycles. The third-order valence-corrected chi connectivity index (χ3v) is 4.46. The van der Waals surface area contributed by atoms with Crippen LogP contribution < -0.4 is 10.9 Å². The van der Waals surface area contributed by atoms with E-state index < -0.39 is 11.8 Å². The maximum absolute atomic E-state index is 12.2. The zero-order valence-electron chi connectivity index (χ0n) is 16.3. The zero-order chi connectivity index (χ0) is 21.5. The molecule has 0 aliphatic heterocycles. The fourth-order valence-corrected chi connectivity index (χ4v) is 2.90. The number of carbonyl (C=O) groups excluding carboxylic acids is 2. The normalized spacial score (nSPS) is 10.7. The lowest BCUT2D eigenvalue weighted by molar-refractivity contribution is -0.117. The maximum Gasteiger partial charge on any atom is 0.269 e. The van der Waals surface area contributed by atoms with Crippen LogP contribution in [0, 0.1) is 0 Å². The van der Waals surface area contributed by atoms with Crippen molar-refractivity contribution in [2.24, 2.45) is 0 Å². The van der Waals surface area contributed by atoms with Crippen LogP contribution in [0.4, 0.5) is 0 Å². The van der Waals surface area contributed by atoms with Crippen LogP contribution in [-0.4, -0.2) is 32.0 Å². The van der Waals surface area contributed by atoms with E-state index in [2.05, 4.69) is 26.4 Å². The largest absolute Gasteiger partial charge is 0.269 e. The summed E-state index contributed by atoms with van der Waals surface area (Å²) >= 11 is 0. The summed E-state index contributed by atoms with van der Waals surface area (Å²) in [6, 6.07) is 24.5. The van der Waals surface area contributed by atoms with Crippen molar-refractivity contribution in [2.45, 2.75) is 0 Å². The average molecular weight is 410 g/mol. The van der Waals surface area contributed by atoms with Gasteiger partial charge in [0.1, 0.15) is 6.33 Å². The molecule has 0 radical (unpaired) electrons. The number of amides is 2. The van der Waals surface area contributed by atoms with Gasteiger partial charge in [-0.05, 0) is 63.5 Å². The van der Waals surface area contributed by atoms with Crippen LogP contribution in [0.25, 0.3) is 22.9 Å². The quantitative estimate of drug-likeness (QED) is 0.389. The minimum atomic E-state index is -0.441. The molecule has 3 aromatic carbocycles. The van der Waals surface area contributed by atoms with Gasteiger partial charge >= 0.3 is 0 Å². The molecular weight excluding hydrogens is 392 g/mol. The van der Waals surface area contributed by atoms with E-state index in [4.69, 9.17) is 0 Å². The van der Waals surface area contributed by atoms with Crippen molar-refractivity contribution in [1.82, 2.24) is 31.1 Å². The number of hydrogen-bond donors (Lipinski definition) is 2. The number of nitrogens with one attached hydrogen (secondary N) is 2. The van der Waals surface area contributed by atoms with Gasteiger partial charge in [-0.15, -0.1) is 5.10 Å². The highest BCUT2D eigenvalue weighted by Gasteiger charge is 2.07. The first-order valence-electron chi connectivity index (χ1n) is 9.46. The predicted molar refractivity (Wildman–Crippen MR) is 116 cm³/mol. The summed E-state index contributed by atoms with van der Waals surface area (Å²) in [5, 5.41) is 10.9. The van der Waals surface area contributed by atoms with Gasteiger partial charge in [0.25, 0.3) is 11.8 Å². The Morgan fingerprint density at radius 1 is 0.839 bits per heavy atom. The molecule has 0 atom stereocenters. The fraction of sp³-hybridized carbons (Fsp3) is 0. The molecule has 8 heteroatoms. The van der Waals surface area contributed by atoms with Crippen LogP contribution in [-0.2, 0) is 4.79 Å². The van der Waals surface area contributed by atoms with Crippen LogP contribution in [0.2, 0.25) is 0 Å². The van der Waals surface area contributed by atoms with Crippen LogP contribution in [0.1, 0.15) is 15.9 Å². The molecule has 152 valence electrons. The molecule has 2 N–H and O–H groups in total. The number of hydrazine groups is 1. The van der Waals surface area contributed by atoms with Crippen molar-refractivity contribution in [3.8, 4) is 16.8 Å². The summed E-state index contributed by atoms with van der Waals surface area (Å²) in [5.41, 5.74) is 8.90. The average Bonchev–Trinajstić information content (AvgIpc) is 3.37. The van der Waals surface area contributed by atoms with Gasteiger partial charge in [-0.25, -0.2) is 4.68 Å². The third kappa shape index (κ3) is 5.07. The molecule has 2 amide bonds. The Balaban J connectivity index is 1.33. The molecule has 1 heterocycles. The lowest BCUT2D eigenvalue weighted by Crippen LogP contribution is -2.40. The summed E-state index contributed by atoms with van der Waals surface area (Å²) in [4.78, 5) is 24.3. The number of aromatic nitrogens is 4. The predicted octanol–water partition coefficient (Wildman–Crippen LogP) is 2.80. The van der Waals surface area contributed by atoms with Gasteiger partial charge in [-0.3, -0.25) is 20.4 Å². The number of benzene rings is 3. The van der Waals surface area contributed by atoms with Crippen molar-refractivity contribution >= 4 is 17.9 Å². The lowest BCUT2D eigenvalue weighted by atomic mass is 10.0. The van der Waals surface area contributed by atoms with E-state index in [0.29, 0.717) is 11.3 Å². The van der Waals surface area contributed by atoms with E-state index in [0.717, 1.165) is 16.7 Å². The molecule has 0 saturated heterocycles. The van der Waals surface area contributed by atoms with E-state index in [1.807, 2.05) is 54.6 Å². The van der Waals surface area contributed by atoms with E-state index in [-0.39, 0.29) is 0 Å². The molecule has 0 unspecified atom stereocenters. The van der Waals surface area contributed by atoms with Crippen molar-refractivity contribution in [2.75, 3.05) is 0 Å². The molecule has 0 spiro atoms. The maximum atomic E-state index is 12.2. The number of hydrogen-bond acceptors (Lipinski definition) is 5. The zero-order valence-corrected chi connectivity index (χ0v) is 16.3. The van der Waals surface area contributed by atoms with Crippen LogP contribution in [0.3, 0.4) is 0 Å². The third-order valence-electron chi connectivity index (χ3n) is 4.46. The Hall–Kier alpha value is -4.59. The Labute approximate surface area is 178 Å². The lowest BCUT2D eigenvalue weighted by Gasteiger charge is -2.06. The van der Waals surface area contributed by atoms with Crippen molar-refractivity contribution in [3.05, 3.63) is 102 Å². The number of carbonyl (C=O) groups is 2. The summed E-state index contributed by atoms with van der Waals surface area (Å²) < 4.78 is 1.47. The SMILES string of the molecule is O=C(/C=C/c1cccc(-c2ccccc2)c1)NNC(=O)c1ccc(-n2cnnn2)cc1. The standard InChI is InChI=1S/C23H18N6O2/c30-22(14-9-17-5-4-8-20(15-17)18-6-2-1-3-7-18)25-26-23(31)19-10-12-21(13-11-19)29-16-24-27-28-29/h1-16H,(H,25,30)(H,26,31)/b14-9+. The summed E-state index contributed by atoms with van der Waals surface area (Å²) in [6.45, 7) is 0. The minimum absolute atomic E-state index is 0.386. The van der Waals surface area contributed by atoms with Crippen molar-refractivity contribution < 1.29 is 9.59 Å². The number of nitrogens with zero attached hydrogens (tertiary/aromatic N) is 4. The first kappa shape index (κ1) is 19.7. The molecule has 31 heavy (non-hydrogen) atoms. The molecule has 0 aliphatic rings. The highest BCUT2D eigenvalue weighted by atomic mass is 16.2. The first-order chi connectivity index (χ1) is 15.2. The van der Waals surface area contributed by atoms with Gasteiger partial charge in [0.15, 0.2) is 0 Å². The Morgan fingerprint density at radius 2 is 1.61 bits per heavy atom. The van der Waals surface area contributed by atoms with Gasteiger partial charge in [-0.1, -0.05) is 48.5 Å². The van der Waals surface area contributed by atoms with E-state index >= 15 is 0 Å². The second-order valence-electron chi connectivity index (χ2n) is 6.57. The highest BCUT2D eigenvalue weighted by molar-refractivity contribution is 5.98. The van der Waals surface area contributed by atoms with Gasteiger partial charge < -0.3 is 0 Å². The summed E-state index contributed by atoms with van der Waals surface area (Å²) in [6.07, 6.45) is 4.51. The Kier molecular flexibility index (Phi) is 5.90. The van der Waals surface area contributed by atoms with E-state index in [1.54, 1.807) is 30.3 Å². The molecule has 0 fully saturated rings. The Bertz CT molecular complexity index is 1200. The molecular formula is C23H18N6O2. The molecule has 0 aliphatic carbocycles. The van der Waals surface area contributed by atoms with Crippen molar-refractivity contribution in [1.29, 1.82) is 0 Å². The van der Waals surface area contributed by atoms with E-state index in [1.165, 1.54) is 17.1 Å². The number of rotatable bonds is 5. The molecule has 4 aromatic rings. The topological polar surface area (TPSA) is 102 Å². The minimum Gasteiger partial charge on any atom is -0.268 e. The van der Waals surface area contributed by atoms with Gasteiger partial charge in [0, 0.05) is 11.6 Å². The molecule has 0 bridgehead atoms. The Morgan fingerprint density at radius 3 is 2.35 bits per heavy atom. The summed E-state index contributed by atoms with van der Waals surface area (Å²) in [5.74, 6) is -0.875. The van der Waals surface area contributed by atoms with Crippen LogP contribution in [0.5, 0.6) is 0 Å². The molecule has 4 rings (SSSR count). The molecule has 8 nitrogen and oxygen atoms in total. The smallest absolute Gasteiger partial charge is 0.268 e. The van der Waals surface area contributed by atoms with Gasteiger partial charge in [0.2, 0.25) is 0 Å². The monoisotopic (exact) mass is 410 g/mol.